The molecule has 4 rings (SSSR count). The predicted molar refractivity (Wildman–Crippen MR) is 147 cm³/mol. The van der Waals surface area contributed by atoms with E-state index < -0.39 is 18.2 Å². The molecule has 40 heavy (non-hydrogen) atoms. The SMILES string of the molecule is C#CCN1CC(=O)N2[C@@H](CC(C)C)C(=O)N(CCOCc3ccccc3F)C[C@@H]2N1C(=O)NCc1ccccc1. The first-order valence-corrected chi connectivity index (χ1v) is 13.5. The second-order valence-electron chi connectivity index (χ2n) is 10.4. The molecule has 4 amide bonds. The molecule has 2 atom stereocenters. The van der Waals surface area contributed by atoms with Gasteiger partial charge in [-0.05, 0) is 24.0 Å². The Morgan fingerprint density at radius 1 is 1.15 bits per heavy atom. The molecule has 2 aromatic carbocycles. The average Bonchev–Trinajstić information content (AvgIpc) is 2.93. The third-order valence-corrected chi connectivity index (χ3v) is 7.01. The van der Waals surface area contributed by atoms with Gasteiger partial charge in [0.2, 0.25) is 11.8 Å². The molecule has 2 aliphatic heterocycles. The van der Waals surface area contributed by atoms with Crippen LogP contribution in [0.5, 0.6) is 0 Å². The number of rotatable bonds is 10. The molecule has 0 saturated carbocycles. The minimum Gasteiger partial charge on any atom is -0.375 e. The fourth-order valence-corrected chi connectivity index (χ4v) is 5.14. The van der Waals surface area contributed by atoms with E-state index in [2.05, 4.69) is 11.2 Å². The fraction of sp³-hybridized carbons (Fsp3) is 0.433. The summed E-state index contributed by atoms with van der Waals surface area (Å²) in [6.45, 7) is 4.80. The van der Waals surface area contributed by atoms with Gasteiger partial charge in [0.05, 0.1) is 32.8 Å². The van der Waals surface area contributed by atoms with Crippen LogP contribution in [0.25, 0.3) is 0 Å². The minimum atomic E-state index is -0.738. The zero-order valence-corrected chi connectivity index (χ0v) is 23.0. The van der Waals surface area contributed by atoms with Crippen LogP contribution in [0.1, 0.15) is 31.4 Å². The van der Waals surface area contributed by atoms with E-state index in [1.165, 1.54) is 11.1 Å². The molecular weight excluding hydrogens is 513 g/mol. The van der Waals surface area contributed by atoms with Crippen LogP contribution in [0, 0.1) is 24.1 Å². The number of terminal acetylenes is 1. The van der Waals surface area contributed by atoms with Crippen LogP contribution in [-0.2, 0) is 27.5 Å². The second kappa shape index (κ2) is 13.4. The number of halogens is 1. The Labute approximate surface area is 234 Å². The van der Waals surface area contributed by atoms with Crippen LogP contribution in [0.4, 0.5) is 9.18 Å². The maximum Gasteiger partial charge on any atom is 0.334 e. The highest BCUT2D eigenvalue weighted by molar-refractivity contribution is 5.91. The summed E-state index contributed by atoms with van der Waals surface area (Å²) in [5.74, 6) is 1.88. The van der Waals surface area contributed by atoms with Gasteiger partial charge in [-0.2, -0.15) is 5.01 Å². The van der Waals surface area contributed by atoms with Crippen molar-refractivity contribution >= 4 is 17.8 Å². The molecule has 10 heteroatoms. The van der Waals surface area contributed by atoms with Gasteiger partial charge in [0.15, 0.2) is 0 Å². The van der Waals surface area contributed by atoms with Gasteiger partial charge < -0.3 is 19.9 Å². The number of hydrogen-bond acceptors (Lipinski definition) is 5. The van der Waals surface area contributed by atoms with E-state index in [1.54, 1.807) is 33.0 Å². The monoisotopic (exact) mass is 549 g/mol. The van der Waals surface area contributed by atoms with Gasteiger partial charge in [-0.15, -0.1) is 6.42 Å². The van der Waals surface area contributed by atoms with Crippen molar-refractivity contribution in [1.82, 2.24) is 25.1 Å². The van der Waals surface area contributed by atoms with E-state index in [4.69, 9.17) is 11.2 Å². The van der Waals surface area contributed by atoms with Crippen molar-refractivity contribution in [3.05, 3.63) is 71.5 Å². The van der Waals surface area contributed by atoms with Crippen molar-refractivity contribution in [3.63, 3.8) is 0 Å². The average molecular weight is 550 g/mol. The summed E-state index contributed by atoms with van der Waals surface area (Å²) >= 11 is 0. The van der Waals surface area contributed by atoms with Crippen LogP contribution in [0.2, 0.25) is 0 Å². The Hall–Kier alpha value is -3.94. The maximum absolute atomic E-state index is 14.0. The Bertz CT molecular complexity index is 1230. The number of piperazine rings is 1. The van der Waals surface area contributed by atoms with Crippen LogP contribution in [0.3, 0.4) is 0 Å². The lowest BCUT2D eigenvalue weighted by molar-refractivity contribution is -0.190. The molecule has 2 aromatic rings. The number of carbonyl (C=O) groups is 3. The molecule has 9 nitrogen and oxygen atoms in total. The second-order valence-corrected chi connectivity index (χ2v) is 10.4. The van der Waals surface area contributed by atoms with Crippen molar-refractivity contribution in [2.45, 2.75) is 45.6 Å². The Morgan fingerprint density at radius 3 is 2.58 bits per heavy atom. The molecular formula is C30H36FN5O4. The van der Waals surface area contributed by atoms with E-state index in [-0.39, 0.29) is 62.9 Å². The molecule has 0 aliphatic carbocycles. The number of urea groups is 1. The predicted octanol–water partition coefficient (Wildman–Crippen LogP) is 2.83. The smallest absolute Gasteiger partial charge is 0.334 e. The van der Waals surface area contributed by atoms with Gasteiger partial charge in [-0.25, -0.2) is 14.2 Å². The van der Waals surface area contributed by atoms with Crippen molar-refractivity contribution in [3.8, 4) is 12.3 Å². The first kappa shape index (κ1) is 29.1. The number of hydrazine groups is 1. The molecule has 0 spiro atoms. The standard InChI is InChI=1S/C30H36FN5O4/c1-4-14-34-20-28(37)35-26(17-22(2)3)29(38)33(15-16-40-21-24-12-8-9-13-25(24)31)19-27(35)36(34)30(39)32-18-23-10-6-5-7-11-23/h1,5-13,22,26-27H,14-21H2,2-3H3,(H,32,39)/t26-,27-/m0/s1. The Kier molecular flexibility index (Phi) is 9.74. The zero-order chi connectivity index (χ0) is 28.6. The van der Waals surface area contributed by atoms with Gasteiger partial charge in [0, 0.05) is 18.7 Å². The van der Waals surface area contributed by atoms with Crippen molar-refractivity contribution in [2.75, 3.05) is 32.8 Å². The summed E-state index contributed by atoms with van der Waals surface area (Å²) in [5, 5.41) is 5.98. The number of nitrogens with one attached hydrogen (secondary N) is 1. The molecule has 2 heterocycles. The molecule has 2 fully saturated rings. The summed E-state index contributed by atoms with van der Waals surface area (Å²) in [6, 6.07) is 14.7. The van der Waals surface area contributed by atoms with Gasteiger partial charge in [-0.3, -0.25) is 9.59 Å². The van der Waals surface area contributed by atoms with Gasteiger partial charge in [0.25, 0.3) is 0 Å². The molecule has 0 aromatic heterocycles. The van der Waals surface area contributed by atoms with Crippen LogP contribution >= 0.6 is 0 Å². The third-order valence-electron chi connectivity index (χ3n) is 7.01. The van der Waals surface area contributed by atoms with E-state index in [0.717, 1.165) is 5.56 Å². The molecule has 0 bridgehead atoms. The molecule has 0 radical (unpaired) electrons. The highest BCUT2D eigenvalue weighted by Gasteiger charge is 2.51. The quantitative estimate of drug-likeness (QED) is 0.364. The van der Waals surface area contributed by atoms with Crippen LogP contribution < -0.4 is 5.32 Å². The largest absolute Gasteiger partial charge is 0.375 e. The summed E-state index contributed by atoms with van der Waals surface area (Å²) in [4.78, 5) is 43.8. The van der Waals surface area contributed by atoms with E-state index in [0.29, 0.717) is 18.5 Å². The zero-order valence-electron chi connectivity index (χ0n) is 23.0. The fourth-order valence-electron chi connectivity index (χ4n) is 5.14. The van der Waals surface area contributed by atoms with Crippen molar-refractivity contribution < 1.29 is 23.5 Å². The van der Waals surface area contributed by atoms with E-state index >= 15 is 0 Å². The molecule has 2 saturated heterocycles. The number of benzene rings is 2. The highest BCUT2D eigenvalue weighted by Crippen LogP contribution is 2.29. The first-order chi connectivity index (χ1) is 19.3. The maximum atomic E-state index is 14.0. The van der Waals surface area contributed by atoms with Gasteiger partial charge >= 0.3 is 6.03 Å². The first-order valence-electron chi connectivity index (χ1n) is 13.5. The van der Waals surface area contributed by atoms with E-state index in [1.807, 2.05) is 44.2 Å². The number of nitrogens with zero attached hydrogens (tertiary/aromatic N) is 4. The summed E-state index contributed by atoms with van der Waals surface area (Å²) in [5.41, 5.74) is 1.36. The summed E-state index contributed by atoms with van der Waals surface area (Å²) in [6.07, 6.45) is 5.31. The number of fused-ring (bicyclic) bond motifs is 1. The highest BCUT2D eigenvalue weighted by atomic mass is 19.1. The van der Waals surface area contributed by atoms with Gasteiger partial charge in [-0.1, -0.05) is 68.3 Å². The van der Waals surface area contributed by atoms with Crippen molar-refractivity contribution in [2.24, 2.45) is 5.92 Å². The minimum absolute atomic E-state index is 0.0589. The lowest BCUT2D eigenvalue weighted by Crippen LogP contribution is -2.76. The Morgan fingerprint density at radius 2 is 1.88 bits per heavy atom. The third kappa shape index (κ3) is 6.79. The number of carbonyl (C=O) groups excluding carboxylic acids is 3. The summed E-state index contributed by atoms with van der Waals surface area (Å²) in [7, 11) is 0. The van der Waals surface area contributed by atoms with Crippen LogP contribution in [0.15, 0.2) is 54.6 Å². The Balaban J connectivity index is 1.53. The van der Waals surface area contributed by atoms with E-state index in [9.17, 15) is 18.8 Å². The lowest BCUT2D eigenvalue weighted by atomic mass is 9.97. The molecule has 0 unspecified atom stereocenters. The number of hydrogen-bond donors (Lipinski definition) is 1. The molecule has 2 aliphatic rings. The van der Waals surface area contributed by atoms with Crippen molar-refractivity contribution in [1.29, 1.82) is 0 Å². The molecule has 1 N–H and O–H groups in total. The normalized spacial score (nSPS) is 19.5. The topological polar surface area (TPSA) is 85.4 Å². The van der Waals surface area contributed by atoms with Crippen LogP contribution in [-0.4, -0.2) is 82.7 Å². The summed E-state index contributed by atoms with van der Waals surface area (Å²) < 4.78 is 19.7. The van der Waals surface area contributed by atoms with Gasteiger partial charge in [0.1, 0.15) is 18.0 Å². The lowest BCUT2D eigenvalue weighted by Gasteiger charge is -2.55. The number of ether oxygens (including phenoxy) is 1. The number of amides is 4. The molecule has 212 valence electrons.